The third kappa shape index (κ3) is 5.98. The van der Waals surface area contributed by atoms with Gasteiger partial charge >= 0.3 is 6.18 Å². The van der Waals surface area contributed by atoms with Crippen molar-refractivity contribution in [3.05, 3.63) is 94.8 Å². The number of rotatable bonds is 8. The van der Waals surface area contributed by atoms with Gasteiger partial charge < -0.3 is 14.2 Å². The Bertz CT molecular complexity index is 1010. The largest absolute Gasteiger partial charge is 0.416 e. The van der Waals surface area contributed by atoms with E-state index in [0.717, 1.165) is 23.4 Å². The summed E-state index contributed by atoms with van der Waals surface area (Å²) in [5, 5.41) is 0. The van der Waals surface area contributed by atoms with Gasteiger partial charge in [0.05, 0.1) is 18.7 Å². The molecule has 1 heterocycles. The third-order valence-corrected chi connectivity index (χ3v) is 5.04. The van der Waals surface area contributed by atoms with E-state index in [2.05, 4.69) is 12.1 Å². The van der Waals surface area contributed by atoms with Gasteiger partial charge in [0.25, 0.3) is 5.91 Å². The molecule has 0 saturated carbocycles. The second-order valence-electron chi connectivity index (χ2n) is 7.41. The van der Waals surface area contributed by atoms with Crippen molar-refractivity contribution in [2.75, 3.05) is 20.3 Å². The Balaban J connectivity index is 1.82. The molecular weight excluding hydrogens is 405 g/mol. The molecule has 0 saturated heterocycles. The van der Waals surface area contributed by atoms with Crippen molar-refractivity contribution in [1.29, 1.82) is 0 Å². The Kier molecular flexibility index (Phi) is 7.17. The molecule has 0 radical (unpaired) electrons. The Morgan fingerprint density at radius 1 is 1.06 bits per heavy atom. The first-order valence-electron chi connectivity index (χ1n) is 9.93. The zero-order valence-corrected chi connectivity index (χ0v) is 17.5. The summed E-state index contributed by atoms with van der Waals surface area (Å²) in [5.41, 5.74) is 2.34. The Hall–Kier alpha value is -3.06. The lowest BCUT2D eigenvalue weighted by molar-refractivity contribution is -0.137. The fourth-order valence-corrected chi connectivity index (χ4v) is 3.30. The van der Waals surface area contributed by atoms with Crippen LogP contribution in [0, 0.1) is 6.92 Å². The van der Waals surface area contributed by atoms with Crippen molar-refractivity contribution in [2.45, 2.75) is 26.2 Å². The molecule has 0 bridgehead atoms. The maximum atomic E-state index is 13.1. The van der Waals surface area contributed by atoms with Gasteiger partial charge in [-0.3, -0.25) is 4.79 Å². The number of methoxy groups -OCH3 is 1. The van der Waals surface area contributed by atoms with E-state index in [9.17, 15) is 18.0 Å². The van der Waals surface area contributed by atoms with Crippen molar-refractivity contribution in [2.24, 2.45) is 0 Å². The molecule has 0 unspecified atom stereocenters. The van der Waals surface area contributed by atoms with Crippen LogP contribution >= 0.6 is 0 Å². The van der Waals surface area contributed by atoms with Crippen molar-refractivity contribution < 1.29 is 22.7 Å². The molecule has 1 amide bonds. The highest BCUT2D eigenvalue weighted by Gasteiger charge is 2.31. The third-order valence-electron chi connectivity index (χ3n) is 5.04. The number of hydrogen-bond acceptors (Lipinski definition) is 2. The zero-order chi connectivity index (χ0) is 22.4. The van der Waals surface area contributed by atoms with Crippen LogP contribution < -0.4 is 0 Å². The Morgan fingerprint density at radius 3 is 2.48 bits per heavy atom. The van der Waals surface area contributed by atoms with Crippen LogP contribution in [0.15, 0.2) is 66.9 Å². The predicted molar refractivity (Wildman–Crippen MR) is 113 cm³/mol. The van der Waals surface area contributed by atoms with Gasteiger partial charge in [-0.1, -0.05) is 35.9 Å². The lowest BCUT2D eigenvalue weighted by Crippen LogP contribution is -2.34. The van der Waals surface area contributed by atoms with Gasteiger partial charge in [0.2, 0.25) is 0 Å². The topological polar surface area (TPSA) is 34.5 Å². The van der Waals surface area contributed by atoms with Crippen LogP contribution in [0.4, 0.5) is 13.2 Å². The number of halogens is 3. The number of ether oxygens (including phenoxy) is 1. The average Bonchev–Trinajstić information content (AvgIpc) is 3.18. The first kappa shape index (κ1) is 22.6. The van der Waals surface area contributed by atoms with Crippen molar-refractivity contribution in [3.63, 3.8) is 0 Å². The van der Waals surface area contributed by atoms with Crippen LogP contribution in [0.2, 0.25) is 0 Å². The Labute approximate surface area is 179 Å². The molecule has 7 heteroatoms. The van der Waals surface area contributed by atoms with Gasteiger partial charge in [-0.05, 0) is 42.8 Å². The van der Waals surface area contributed by atoms with Crippen LogP contribution in [0.1, 0.15) is 32.7 Å². The van der Waals surface area contributed by atoms with E-state index in [0.29, 0.717) is 6.54 Å². The molecule has 0 aliphatic carbocycles. The van der Waals surface area contributed by atoms with Crippen LogP contribution in [0.25, 0.3) is 0 Å². The standard InChI is InChI=1S/C24H25F3N2O2/c1-18-8-10-19(11-9-18)16-28-12-4-7-22(28)17-29(13-14-31-2)23(30)20-5-3-6-21(15-20)24(25,26)27/h3-12,15H,13-14,16-17H2,1-2H3. The minimum atomic E-state index is -4.50. The molecule has 0 aliphatic heterocycles. The monoisotopic (exact) mass is 430 g/mol. The van der Waals surface area contributed by atoms with Crippen LogP contribution in [0.5, 0.6) is 0 Å². The van der Waals surface area contributed by atoms with Gasteiger partial charge in [0.15, 0.2) is 0 Å². The van der Waals surface area contributed by atoms with Gasteiger partial charge in [-0.15, -0.1) is 0 Å². The molecule has 4 nitrogen and oxygen atoms in total. The number of hydrogen-bond donors (Lipinski definition) is 0. The molecule has 1 aromatic heterocycles. The summed E-state index contributed by atoms with van der Waals surface area (Å²) < 4.78 is 46.4. The zero-order valence-electron chi connectivity index (χ0n) is 17.5. The second kappa shape index (κ2) is 9.83. The van der Waals surface area contributed by atoms with Crippen LogP contribution in [-0.4, -0.2) is 35.6 Å². The SMILES string of the molecule is COCCN(Cc1cccn1Cc1ccc(C)cc1)C(=O)c1cccc(C(F)(F)F)c1. The normalized spacial score (nSPS) is 11.5. The summed E-state index contributed by atoms with van der Waals surface area (Å²) in [7, 11) is 1.52. The van der Waals surface area contributed by atoms with Crippen LogP contribution in [-0.2, 0) is 24.0 Å². The fraction of sp³-hybridized carbons (Fsp3) is 0.292. The van der Waals surface area contributed by atoms with Crippen molar-refractivity contribution >= 4 is 5.91 Å². The van der Waals surface area contributed by atoms with Gasteiger partial charge in [-0.25, -0.2) is 0 Å². The van der Waals surface area contributed by atoms with E-state index < -0.39 is 17.6 Å². The molecular formula is C24H25F3N2O2. The molecule has 164 valence electrons. The quantitative estimate of drug-likeness (QED) is 0.495. The van der Waals surface area contributed by atoms with Crippen molar-refractivity contribution in [3.8, 4) is 0 Å². The smallest absolute Gasteiger partial charge is 0.383 e. The predicted octanol–water partition coefficient (Wildman–Crippen LogP) is 5.15. The van der Waals surface area contributed by atoms with Gasteiger partial charge in [0, 0.05) is 37.7 Å². The minimum absolute atomic E-state index is 0.00238. The number of carbonyl (C=O) groups excluding carboxylic acids is 1. The van der Waals surface area contributed by atoms with Crippen LogP contribution in [0.3, 0.4) is 0 Å². The summed E-state index contributed by atoms with van der Waals surface area (Å²) >= 11 is 0. The number of aryl methyl sites for hydroxylation is 1. The van der Waals surface area contributed by atoms with E-state index in [-0.39, 0.29) is 25.3 Å². The number of alkyl halides is 3. The van der Waals surface area contributed by atoms with E-state index in [4.69, 9.17) is 4.74 Å². The number of aromatic nitrogens is 1. The molecule has 31 heavy (non-hydrogen) atoms. The lowest BCUT2D eigenvalue weighted by atomic mass is 10.1. The second-order valence-corrected chi connectivity index (χ2v) is 7.41. The number of nitrogens with zero attached hydrogens (tertiary/aromatic N) is 2. The molecule has 0 spiro atoms. The average molecular weight is 430 g/mol. The summed E-state index contributed by atoms with van der Waals surface area (Å²) in [6, 6.07) is 16.5. The number of carbonyl (C=O) groups is 1. The molecule has 0 atom stereocenters. The number of amides is 1. The van der Waals surface area contributed by atoms with E-state index in [1.54, 1.807) is 0 Å². The molecule has 0 aliphatic rings. The first-order valence-corrected chi connectivity index (χ1v) is 9.93. The molecule has 2 aromatic carbocycles. The number of benzene rings is 2. The molecule has 3 aromatic rings. The Morgan fingerprint density at radius 2 is 1.81 bits per heavy atom. The van der Waals surface area contributed by atoms with E-state index in [1.165, 1.54) is 29.7 Å². The van der Waals surface area contributed by atoms with E-state index >= 15 is 0 Å². The van der Waals surface area contributed by atoms with Crippen molar-refractivity contribution in [1.82, 2.24) is 9.47 Å². The van der Waals surface area contributed by atoms with Gasteiger partial charge in [-0.2, -0.15) is 13.2 Å². The summed E-state index contributed by atoms with van der Waals surface area (Å²) in [5.74, 6) is -0.466. The highest BCUT2D eigenvalue weighted by molar-refractivity contribution is 5.94. The highest BCUT2D eigenvalue weighted by atomic mass is 19.4. The van der Waals surface area contributed by atoms with E-state index in [1.807, 2.05) is 42.0 Å². The maximum Gasteiger partial charge on any atom is 0.416 e. The maximum absolute atomic E-state index is 13.1. The summed E-state index contributed by atoms with van der Waals surface area (Å²) in [4.78, 5) is 14.6. The summed E-state index contributed by atoms with van der Waals surface area (Å²) in [6.07, 6.45) is -2.57. The lowest BCUT2D eigenvalue weighted by Gasteiger charge is -2.24. The molecule has 0 N–H and O–H groups in total. The van der Waals surface area contributed by atoms with Gasteiger partial charge in [0.1, 0.15) is 0 Å². The fourth-order valence-electron chi connectivity index (χ4n) is 3.30. The highest BCUT2D eigenvalue weighted by Crippen LogP contribution is 2.30. The minimum Gasteiger partial charge on any atom is -0.383 e. The molecule has 3 rings (SSSR count). The first-order chi connectivity index (χ1) is 14.8. The summed E-state index contributed by atoms with van der Waals surface area (Å²) in [6.45, 7) is 3.47. The molecule has 0 fully saturated rings.